The van der Waals surface area contributed by atoms with Crippen LogP contribution in [0.15, 0.2) is 47.4 Å². The highest BCUT2D eigenvalue weighted by molar-refractivity contribution is 7.90. The SMILES string of the molecule is COc1ccc(N)cc1CS(=O)(=O)c1cccc(Cl)c1. The van der Waals surface area contributed by atoms with Gasteiger partial charge in [0.1, 0.15) is 5.75 Å². The standard InChI is InChI=1S/C14H14ClNO3S/c1-19-14-6-5-12(16)7-10(14)9-20(17,18)13-4-2-3-11(15)8-13/h2-8H,9,16H2,1H3. The van der Waals surface area contributed by atoms with Gasteiger partial charge in [0.15, 0.2) is 9.84 Å². The van der Waals surface area contributed by atoms with E-state index in [2.05, 4.69) is 0 Å². The van der Waals surface area contributed by atoms with Crippen LogP contribution >= 0.6 is 11.6 Å². The molecular formula is C14H14ClNO3S. The van der Waals surface area contributed by atoms with E-state index >= 15 is 0 Å². The zero-order chi connectivity index (χ0) is 14.8. The van der Waals surface area contributed by atoms with E-state index in [0.717, 1.165) is 0 Å². The fourth-order valence-corrected chi connectivity index (χ4v) is 3.51. The summed E-state index contributed by atoms with van der Waals surface area (Å²) in [5.41, 5.74) is 6.70. The molecule has 0 saturated heterocycles. The third kappa shape index (κ3) is 3.23. The van der Waals surface area contributed by atoms with Gasteiger partial charge in [-0.2, -0.15) is 0 Å². The third-order valence-corrected chi connectivity index (χ3v) is 4.70. The van der Waals surface area contributed by atoms with Gasteiger partial charge in [0, 0.05) is 16.3 Å². The van der Waals surface area contributed by atoms with Gasteiger partial charge in [-0.3, -0.25) is 0 Å². The zero-order valence-corrected chi connectivity index (χ0v) is 12.4. The van der Waals surface area contributed by atoms with Crippen molar-refractivity contribution in [3.63, 3.8) is 0 Å². The van der Waals surface area contributed by atoms with Crippen molar-refractivity contribution in [1.82, 2.24) is 0 Å². The maximum Gasteiger partial charge on any atom is 0.182 e. The number of anilines is 1. The number of hydrogen-bond donors (Lipinski definition) is 1. The number of methoxy groups -OCH3 is 1. The number of ether oxygens (including phenoxy) is 1. The van der Waals surface area contributed by atoms with Gasteiger partial charge in [-0.15, -0.1) is 0 Å². The highest BCUT2D eigenvalue weighted by atomic mass is 35.5. The van der Waals surface area contributed by atoms with Crippen molar-refractivity contribution in [2.24, 2.45) is 0 Å². The smallest absolute Gasteiger partial charge is 0.182 e. The molecule has 4 nitrogen and oxygen atoms in total. The summed E-state index contributed by atoms with van der Waals surface area (Å²) in [6.45, 7) is 0. The van der Waals surface area contributed by atoms with E-state index in [1.165, 1.54) is 19.2 Å². The van der Waals surface area contributed by atoms with Crippen molar-refractivity contribution in [3.05, 3.63) is 53.1 Å². The highest BCUT2D eigenvalue weighted by Crippen LogP contribution is 2.26. The van der Waals surface area contributed by atoms with E-state index in [4.69, 9.17) is 22.1 Å². The Morgan fingerprint density at radius 2 is 1.95 bits per heavy atom. The van der Waals surface area contributed by atoms with Crippen LogP contribution in [0, 0.1) is 0 Å². The summed E-state index contributed by atoms with van der Waals surface area (Å²) in [5.74, 6) is 0.298. The highest BCUT2D eigenvalue weighted by Gasteiger charge is 2.18. The molecule has 0 bridgehead atoms. The van der Waals surface area contributed by atoms with Gasteiger partial charge in [0.05, 0.1) is 17.8 Å². The van der Waals surface area contributed by atoms with Crippen molar-refractivity contribution >= 4 is 27.1 Å². The van der Waals surface area contributed by atoms with Crippen LogP contribution in [-0.2, 0) is 15.6 Å². The summed E-state index contributed by atoms with van der Waals surface area (Å²) in [4.78, 5) is 0.175. The second kappa shape index (κ2) is 5.73. The Balaban J connectivity index is 2.40. The quantitative estimate of drug-likeness (QED) is 0.881. The lowest BCUT2D eigenvalue weighted by Gasteiger charge is -2.10. The zero-order valence-electron chi connectivity index (χ0n) is 10.8. The Hall–Kier alpha value is -1.72. The van der Waals surface area contributed by atoms with Gasteiger partial charge in [-0.05, 0) is 36.4 Å². The first kappa shape index (κ1) is 14.7. The van der Waals surface area contributed by atoms with Crippen molar-refractivity contribution in [1.29, 1.82) is 0 Å². The molecule has 106 valence electrons. The molecule has 2 rings (SSSR count). The second-order valence-corrected chi connectivity index (χ2v) is 6.71. The number of benzene rings is 2. The predicted molar refractivity (Wildman–Crippen MR) is 79.7 cm³/mol. The van der Waals surface area contributed by atoms with Crippen molar-refractivity contribution in [3.8, 4) is 5.75 Å². The first-order valence-corrected chi connectivity index (χ1v) is 7.86. The van der Waals surface area contributed by atoms with Crippen molar-refractivity contribution in [2.75, 3.05) is 12.8 Å². The number of nitrogen functional groups attached to an aromatic ring is 1. The largest absolute Gasteiger partial charge is 0.496 e. The summed E-state index contributed by atoms with van der Waals surface area (Å²) < 4.78 is 29.9. The lowest BCUT2D eigenvalue weighted by atomic mass is 10.2. The molecule has 0 unspecified atom stereocenters. The van der Waals surface area contributed by atoms with Gasteiger partial charge in [-0.25, -0.2) is 8.42 Å². The maximum absolute atomic E-state index is 12.4. The van der Waals surface area contributed by atoms with Crippen LogP contribution in [-0.4, -0.2) is 15.5 Å². The molecule has 6 heteroatoms. The van der Waals surface area contributed by atoms with Crippen LogP contribution in [0.3, 0.4) is 0 Å². The van der Waals surface area contributed by atoms with Crippen LogP contribution in [0.5, 0.6) is 5.75 Å². The fourth-order valence-electron chi connectivity index (χ4n) is 1.86. The van der Waals surface area contributed by atoms with E-state index in [1.54, 1.807) is 30.3 Å². The van der Waals surface area contributed by atoms with E-state index in [-0.39, 0.29) is 10.6 Å². The number of nitrogens with two attached hydrogens (primary N) is 1. The number of rotatable bonds is 4. The average molecular weight is 312 g/mol. The lowest BCUT2D eigenvalue weighted by Crippen LogP contribution is -2.06. The van der Waals surface area contributed by atoms with Crippen LogP contribution in [0.4, 0.5) is 5.69 Å². The first-order valence-electron chi connectivity index (χ1n) is 5.83. The van der Waals surface area contributed by atoms with Crippen LogP contribution in [0.25, 0.3) is 0 Å². The third-order valence-electron chi connectivity index (χ3n) is 2.81. The Labute approximate surface area is 123 Å². The minimum Gasteiger partial charge on any atom is -0.496 e. The first-order chi connectivity index (χ1) is 9.42. The summed E-state index contributed by atoms with van der Waals surface area (Å²) in [5, 5.41) is 0.380. The Bertz CT molecular complexity index is 729. The van der Waals surface area contributed by atoms with Gasteiger partial charge < -0.3 is 10.5 Å². The average Bonchev–Trinajstić information content (AvgIpc) is 2.38. The predicted octanol–water partition coefficient (Wildman–Crippen LogP) is 2.90. The molecule has 0 atom stereocenters. The van der Waals surface area contributed by atoms with Gasteiger partial charge in [0.25, 0.3) is 0 Å². The van der Waals surface area contributed by atoms with Gasteiger partial charge in [-0.1, -0.05) is 17.7 Å². The number of hydrogen-bond acceptors (Lipinski definition) is 4. The summed E-state index contributed by atoms with van der Waals surface area (Å²) in [6.07, 6.45) is 0. The molecule has 2 N–H and O–H groups in total. The second-order valence-electron chi connectivity index (χ2n) is 4.29. The molecule has 0 radical (unpaired) electrons. The van der Waals surface area contributed by atoms with Crippen LogP contribution in [0.2, 0.25) is 5.02 Å². The number of sulfone groups is 1. The van der Waals surface area contributed by atoms with Crippen molar-refractivity contribution < 1.29 is 13.2 Å². The normalized spacial score (nSPS) is 11.3. The van der Waals surface area contributed by atoms with Gasteiger partial charge in [0.2, 0.25) is 0 Å². The van der Waals surface area contributed by atoms with Gasteiger partial charge >= 0.3 is 0 Å². The Morgan fingerprint density at radius 3 is 2.60 bits per heavy atom. The summed E-state index contributed by atoms with van der Waals surface area (Å²) in [6, 6.07) is 11.1. The molecule has 20 heavy (non-hydrogen) atoms. The molecule has 0 heterocycles. The molecule has 0 spiro atoms. The molecule has 0 aliphatic carbocycles. The van der Waals surface area contributed by atoms with Crippen molar-refractivity contribution in [2.45, 2.75) is 10.6 Å². The van der Waals surface area contributed by atoms with E-state index < -0.39 is 9.84 Å². The molecule has 0 fully saturated rings. The molecule has 0 aromatic heterocycles. The van der Waals surface area contributed by atoms with E-state index in [0.29, 0.717) is 22.0 Å². The van der Waals surface area contributed by atoms with Crippen LogP contribution < -0.4 is 10.5 Å². The lowest BCUT2D eigenvalue weighted by molar-refractivity contribution is 0.411. The minimum atomic E-state index is -3.51. The van der Waals surface area contributed by atoms with E-state index in [1.807, 2.05) is 0 Å². The maximum atomic E-state index is 12.4. The summed E-state index contributed by atoms with van der Waals surface area (Å²) in [7, 11) is -2.02. The molecule has 0 aliphatic rings. The molecule has 2 aromatic carbocycles. The Kier molecular flexibility index (Phi) is 4.20. The minimum absolute atomic E-state index is 0.175. The molecule has 0 amide bonds. The summed E-state index contributed by atoms with van der Waals surface area (Å²) >= 11 is 5.83. The fraction of sp³-hybridized carbons (Fsp3) is 0.143. The van der Waals surface area contributed by atoms with E-state index in [9.17, 15) is 8.42 Å². The van der Waals surface area contributed by atoms with Crippen LogP contribution in [0.1, 0.15) is 5.56 Å². The molecule has 0 saturated carbocycles. The number of halogens is 1. The molecule has 0 aliphatic heterocycles. The topological polar surface area (TPSA) is 69.4 Å². The molecular weight excluding hydrogens is 298 g/mol. The Morgan fingerprint density at radius 1 is 1.20 bits per heavy atom. The monoisotopic (exact) mass is 311 g/mol. The molecule has 2 aromatic rings.